The standard InChI is InChI=1S/C14H18N2O3/c1-10(17)15-12-8-6-11(7-9-12)14(18)16-19-13-4-2-3-5-13/h6-9,13H,2-5H2,1H3,(H,15,17)(H,16,18). The summed E-state index contributed by atoms with van der Waals surface area (Å²) in [5.74, 6) is -0.400. The third kappa shape index (κ3) is 4.06. The number of amides is 2. The lowest BCUT2D eigenvalue weighted by molar-refractivity contribution is -0.114. The van der Waals surface area contributed by atoms with Crippen LogP contribution >= 0.6 is 0 Å². The van der Waals surface area contributed by atoms with Crippen LogP contribution < -0.4 is 10.8 Å². The zero-order valence-corrected chi connectivity index (χ0v) is 10.9. The van der Waals surface area contributed by atoms with Gasteiger partial charge in [-0.15, -0.1) is 0 Å². The molecular weight excluding hydrogens is 244 g/mol. The van der Waals surface area contributed by atoms with Gasteiger partial charge in [-0.3, -0.25) is 14.4 Å². The number of rotatable bonds is 4. The normalized spacial score (nSPS) is 15.2. The molecule has 1 aliphatic rings. The van der Waals surface area contributed by atoms with E-state index in [-0.39, 0.29) is 17.9 Å². The second-order valence-corrected chi connectivity index (χ2v) is 4.71. The Balaban J connectivity index is 1.86. The molecule has 1 saturated carbocycles. The molecule has 5 heteroatoms. The third-order valence-electron chi connectivity index (χ3n) is 3.09. The average Bonchev–Trinajstić information content (AvgIpc) is 2.89. The molecule has 0 aromatic heterocycles. The first kappa shape index (κ1) is 13.5. The fourth-order valence-corrected chi connectivity index (χ4v) is 2.11. The first-order valence-electron chi connectivity index (χ1n) is 6.49. The van der Waals surface area contributed by atoms with Gasteiger partial charge in [0, 0.05) is 18.2 Å². The van der Waals surface area contributed by atoms with Crippen molar-refractivity contribution in [2.45, 2.75) is 38.7 Å². The number of carbonyl (C=O) groups is 2. The molecule has 1 aliphatic carbocycles. The summed E-state index contributed by atoms with van der Waals surface area (Å²) in [6.45, 7) is 1.44. The van der Waals surface area contributed by atoms with E-state index in [0.717, 1.165) is 25.7 Å². The van der Waals surface area contributed by atoms with Crippen molar-refractivity contribution >= 4 is 17.5 Å². The zero-order chi connectivity index (χ0) is 13.7. The van der Waals surface area contributed by atoms with Crippen LogP contribution in [0.1, 0.15) is 43.0 Å². The minimum absolute atomic E-state index is 0.137. The summed E-state index contributed by atoms with van der Waals surface area (Å²) >= 11 is 0. The second kappa shape index (κ2) is 6.33. The molecule has 0 spiro atoms. The molecule has 0 heterocycles. The fourth-order valence-electron chi connectivity index (χ4n) is 2.11. The number of hydrogen-bond donors (Lipinski definition) is 2. The average molecular weight is 262 g/mol. The Morgan fingerprint density at radius 1 is 1.16 bits per heavy atom. The summed E-state index contributed by atoms with van der Waals surface area (Å²) in [6.07, 6.45) is 4.46. The number of benzene rings is 1. The summed E-state index contributed by atoms with van der Waals surface area (Å²) in [6, 6.07) is 6.68. The lowest BCUT2D eigenvalue weighted by Crippen LogP contribution is -2.28. The van der Waals surface area contributed by atoms with Crippen LogP contribution in [-0.4, -0.2) is 17.9 Å². The van der Waals surface area contributed by atoms with Gasteiger partial charge in [-0.05, 0) is 37.1 Å². The van der Waals surface area contributed by atoms with Crippen LogP contribution in [0, 0.1) is 0 Å². The SMILES string of the molecule is CC(=O)Nc1ccc(C(=O)NOC2CCCC2)cc1. The Morgan fingerprint density at radius 2 is 1.79 bits per heavy atom. The van der Waals surface area contributed by atoms with E-state index in [0.29, 0.717) is 11.3 Å². The predicted molar refractivity (Wildman–Crippen MR) is 71.6 cm³/mol. The van der Waals surface area contributed by atoms with Gasteiger partial charge in [-0.2, -0.15) is 0 Å². The molecule has 1 aromatic rings. The predicted octanol–water partition coefficient (Wildman–Crippen LogP) is 2.25. The molecule has 102 valence electrons. The molecule has 0 saturated heterocycles. The first-order valence-corrected chi connectivity index (χ1v) is 6.49. The molecule has 2 amide bonds. The van der Waals surface area contributed by atoms with Crippen molar-refractivity contribution in [2.75, 3.05) is 5.32 Å². The fraction of sp³-hybridized carbons (Fsp3) is 0.429. The third-order valence-corrected chi connectivity index (χ3v) is 3.09. The van der Waals surface area contributed by atoms with Crippen LogP contribution in [0.3, 0.4) is 0 Å². The monoisotopic (exact) mass is 262 g/mol. The van der Waals surface area contributed by atoms with E-state index in [1.54, 1.807) is 24.3 Å². The van der Waals surface area contributed by atoms with Gasteiger partial charge in [0.05, 0.1) is 6.10 Å². The molecule has 2 N–H and O–H groups in total. The number of anilines is 1. The molecule has 5 nitrogen and oxygen atoms in total. The number of hydrogen-bond acceptors (Lipinski definition) is 3. The highest BCUT2D eigenvalue weighted by molar-refractivity contribution is 5.94. The molecule has 0 bridgehead atoms. The van der Waals surface area contributed by atoms with E-state index in [9.17, 15) is 9.59 Å². The molecule has 0 radical (unpaired) electrons. The highest BCUT2D eigenvalue weighted by Gasteiger charge is 2.17. The lowest BCUT2D eigenvalue weighted by atomic mass is 10.2. The highest BCUT2D eigenvalue weighted by atomic mass is 16.7. The van der Waals surface area contributed by atoms with Gasteiger partial charge in [0.25, 0.3) is 5.91 Å². The van der Waals surface area contributed by atoms with Gasteiger partial charge in [-0.25, -0.2) is 5.48 Å². The van der Waals surface area contributed by atoms with Crippen molar-refractivity contribution in [1.29, 1.82) is 0 Å². The smallest absolute Gasteiger partial charge is 0.274 e. The van der Waals surface area contributed by atoms with Gasteiger partial charge < -0.3 is 5.32 Å². The van der Waals surface area contributed by atoms with E-state index in [1.807, 2.05) is 0 Å². The molecule has 2 rings (SSSR count). The summed E-state index contributed by atoms with van der Waals surface area (Å²) in [7, 11) is 0. The Bertz CT molecular complexity index is 450. The van der Waals surface area contributed by atoms with Crippen molar-refractivity contribution in [1.82, 2.24) is 5.48 Å². The minimum atomic E-state index is -0.263. The van der Waals surface area contributed by atoms with Crippen LogP contribution in [-0.2, 0) is 9.63 Å². The quantitative estimate of drug-likeness (QED) is 0.818. The van der Waals surface area contributed by atoms with Crippen LogP contribution in [0.15, 0.2) is 24.3 Å². The largest absolute Gasteiger partial charge is 0.326 e. The molecular formula is C14H18N2O3. The molecule has 0 atom stereocenters. The topological polar surface area (TPSA) is 67.4 Å². The summed E-state index contributed by atoms with van der Waals surface area (Å²) in [5, 5.41) is 2.65. The summed E-state index contributed by atoms with van der Waals surface area (Å²) in [5.41, 5.74) is 3.65. The van der Waals surface area contributed by atoms with E-state index in [2.05, 4.69) is 10.8 Å². The summed E-state index contributed by atoms with van der Waals surface area (Å²) < 4.78 is 0. The molecule has 19 heavy (non-hydrogen) atoms. The number of carbonyl (C=O) groups excluding carboxylic acids is 2. The van der Waals surface area contributed by atoms with Gasteiger partial charge in [0.1, 0.15) is 0 Å². The summed E-state index contributed by atoms with van der Waals surface area (Å²) in [4.78, 5) is 28.0. The Morgan fingerprint density at radius 3 is 2.37 bits per heavy atom. The van der Waals surface area contributed by atoms with Crippen LogP contribution in [0.2, 0.25) is 0 Å². The number of hydroxylamine groups is 1. The van der Waals surface area contributed by atoms with Crippen molar-refractivity contribution < 1.29 is 14.4 Å². The van der Waals surface area contributed by atoms with Gasteiger partial charge in [-0.1, -0.05) is 12.8 Å². The highest BCUT2D eigenvalue weighted by Crippen LogP contribution is 2.20. The molecule has 0 aliphatic heterocycles. The van der Waals surface area contributed by atoms with Gasteiger partial charge in [0.2, 0.25) is 5.91 Å². The van der Waals surface area contributed by atoms with Crippen molar-refractivity contribution in [3.05, 3.63) is 29.8 Å². The minimum Gasteiger partial charge on any atom is -0.326 e. The van der Waals surface area contributed by atoms with E-state index < -0.39 is 0 Å². The van der Waals surface area contributed by atoms with E-state index in [4.69, 9.17) is 4.84 Å². The van der Waals surface area contributed by atoms with Crippen LogP contribution in [0.4, 0.5) is 5.69 Å². The van der Waals surface area contributed by atoms with Crippen LogP contribution in [0.25, 0.3) is 0 Å². The Kier molecular flexibility index (Phi) is 4.52. The van der Waals surface area contributed by atoms with Crippen molar-refractivity contribution in [3.63, 3.8) is 0 Å². The first-order chi connectivity index (χ1) is 9.15. The van der Waals surface area contributed by atoms with Crippen molar-refractivity contribution in [3.8, 4) is 0 Å². The van der Waals surface area contributed by atoms with Gasteiger partial charge >= 0.3 is 0 Å². The van der Waals surface area contributed by atoms with Crippen molar-refractivity contribution in [2.24, 2.45) is 0 Å². The lowest BCUT2D eigenvalue weighted by Gasteiger charge is -2.11. The van der Waals surface area contributed by atoms with E-state index >= 15 is 0 Å². The maximum atomic E-state index is 11.8. The van der Waals surface area contributed by atoms with Crippen LogP contribution in [0.5, 0.6) is 0 Å². The Hall–Kier alpha value is -1.88. The molecule has 1 aromatic carbocycles. The Labute approximate surface area is 112 Å². The molecule has 1 fully saturated rings. The molecule has 0 unspecified atom stereocenters. The maximum absolute atomic E-state index is 11.8. The number of nitrogens with one attached hydrogen (secondary N) is 2. The van der Waals surface area contributed by atoms with Gasteiger partial charge in [0.15, 0.2) is 0 Å². The maximum Gasteiger partial charge on any atom is 0.274 e. The zero-order valence-electron chi connectivity index (χ0n) is 10.9. The second-order valence-electron chi connectivity index (χ2n) is 4.71. The van der Waals surface area contributed by atoms with E-state index in [1.165, 1.54) is 6.92 Å².